The Labute approximate surface area is 122 Å². The molecule has 3 rings (SSSR count). The topological polar surface area (TPSA) is 92.4 Å². The average molecular weight is 317 g/mol. The number of nitrogens with two attached hydrogens (primary N) is 1. The van der Waals surface area contributed by atoms with Gasteiger partial charge in [0, 0.05) is 32.2 Å². The molecule has 1 aliphatic heterocycles. The molecule has 7 nitrogen and oxygen atoms in total. The lowest BCUT2D eigenvalue weighted by Crippen LogP contribution is -2.51. The minimum Gasteiger partial charge on any atom is -0.374 e. The van der Waals surface area contributed by atoms with E-state index in [1.165, 1.54) is 30.0 Å². The molecule has 1 aromatic heterocycles. The summed E-state index contributed by atoms with van der Waals surface area (Å²) in [6.07, 6.45) is 5.10. The molecule has 0 radical (unpaired) electrons. The van der Waals surface area contributed by atoms with Gasteiger partial charge in [-0.1, -0.05) is 24.2 Å². The molecule has 2 heterocycles. The number of rotatable bonds is 3. The fraction of sp³-hybridized carbons (Fsp3) is 0.818. The van der Waals surface area contributed by atoms with Crippen molar-refractivity contribution in [3.63, 3.8) is 0 Å². The second-order valence-corrected chi connectivity index (χ2v) is 8.41. The Balaban J connectivity index is 1.65. The van der Waals surface area contributed by atoms with Gasteiger partial charge in [0.25, 0.3) is 10.0 Å². The summed E-state index contributed by atoms with van der Waals surface area (Å²) in [5.41, 5.74) is 5.46. The minimum atomic E-state index is -3.52. The van der Waals surface area contributed by atoms with Crippen molar-refractivity contribution < 1.29 is 8.42 Å². The highest BCUT2D eigenvalue weighted by atomic mass is 32.2. The monoisotopic (exact) mass is 317 g/mol. The molecule has 0 unspecified atom stereocenters. The molecule has 2 N–H and O–H groups in total. The highest BCUT2D eigenvalue weighted by Gasteiger charge is 2.33. The fourth-order valence-electron chi connectivity index (χ4n) is 3.01. The van der Waals surface area contributed by atoms with Gasteiger partial charge >= 0.3 is 0 Å². The van der Waals surface area contributed by atoms with E-state index < -0.39 is 10.0 Å². The van der Waals surface area contributed by atoms with E-state index in [1.54, 1.807) is 0 Å². The van der Waals surface area contributed by atoms with Crippen molar-refractivity contribution in [2.75, 3.05) is 31.9 Å². The van der Waals surface area contributed by atoms with Crippen molar-refractivity contribution in [3.05, 3.63) is 0 Å². The second-order valence-electron chi connectivity index (χ2n) is 5.28. The zero-order chi connectivity index (χ0) is 14.2. The van der Waals surface area contributed by atoms with Crippen molar-refractivity contribution in [1.29, 1.82) is 0 Å². The van der Waals surface area contributed by atoms with Crippen LogP contribution in [0.1, 0.15) is 25.7 Å². The number of hydrogen-bond donors (Lipinski definition) is 1. The van der Waals surface area contributed by atoms with Crippen molar-refractivity contribution in [2.45, 2.75) is 36.1 Å². The molecular formula is C11H19N5O2S2. The molecule has 9 heteroatoms. The summed E-state index contributed by atoms with van der Waals surface area (Å²) in [5, 5.41) is 7.43. The summed E-state index contributed by atoms with van der Waals surface area (Å²) in [4.78, 5) is 2.42. The van der Waals surface area contributed by atoms with Crippen LogP contribution in [0, 0.1) is 0 Å². The summed E-state index contributed by atoms with van der Waals surface area (Å²) < 4.78 is 26.3. The van der Waals surface area contributed by atoms with Crippen LogP contribution in [0.3, 0.4) is 0 Å². The first-order chi connectivity index (χ1) is 9.57. The molecule has 0 aromatic carbocycles. The van der Waals surface area contributed by atoms with Crippen molar-refractivity contribution in [1.82, 2.24) is 19.4 Å². The van der Waals surface area contributed by atoms with Gasteiger partial charge in [-0.15, -0.1) is 10.2 Å². The Morgan fingerprint density at radius 3 is 2.30 bits per heavy atom. The van der Waals surface area contributed by atoms with Crippen LogP contribution >= 0.6 is 11.3 Å². The van der Waals surface area contributed by atoms with E-state index in [-0.39, 0.29) is 9.47 Å². The Kier molecular flexibility index (Phi) is 3.93. The first-order valence-corrected chi connectivity index (χ1v) is 9.16. The third-order valence-electron chi connectivity index (χ3n) is 4.10. The fourth-order valence-corrected chi connectivity index (χ4v) is 5.36. The van der Waals surface area contributed by atoms with Crippen LogP contribution in [0.2, 0.25) is 0 Å². The van der Waals surface area contributed by atoms with Gasteiger partial charge in [-0.2, -0.15) is 4.31 Å². The number of hydrogen-bond acceptors (Lipinski definition) is 7. The maximum Gasteiger partial charge on any atom is 0.272 e. The van der Waals surface area contributed by atoms with Crippen LogP contribution in [0.15, 0.2) is 4.34 Å². The van der Waals surface area contributed by atoms with E-state index >= 15 is 0 Å². The molecule has 1 saturated heterocycles. The zero-order valence-electron chi connectivity index (χ0n) is 11.2. The lowest BCUT2D eigenvalue weighted by molar-refractivity contribution is 0.139. The highest BCUT2D eigenvalue weighted by Crippen LogP contribution is 2.26. The Morgan fingerprint density at radius 2 is 1.75 bits per heavy atom. The van der Waals surface area contributed by atoms with Crippen molar-refractivity contribution >= 4 is 26.5 Å². The van der Waals surface area contributed by atoms with Crippen LogP contribution in [0.5, 0.6) is 0 Å². The third-order valence-corrected chi connectivity index (χ3v) is 7.09. The van der Waals surface area contributed by atoms with Crippen LogP contribution < -0.4 is 5.73 Å². The molecule has 112 valence electrons. The summed E-state index contributed by atoms with van der Waals surface area (Å²) in [6.45, 7) is 2.66. The average Bonchev–Trinajstić information content (AvgIpc) is 3.10. The Bertz CT molecular complexity index is 559. The Hall–Kier alpha value is -0.770. The predicted molar refractivity (Wildman–Crippen MR) is 76.9 cm³/mol. The summed E-state index contributed by atoms with van der Waals surface area (Å²) in [6, 6.07) is 0.650. The van der Waals surface area contributed by atoms with Crippen LogP contribution in [-0.4, -0.2) is 60.0 Å². The van der Waals surface area contributed by atoms with Crippen molar-refractivity contribution in [3.8, 4) is 0 Å². The number of sulfonamides is 1. The standard InChI is InChI=1S/C11H19N5O2S2/c12-10-13-14-11(19-10)20(17,18)16-7-5-15(6-8-16)9-3-1-2-4-9/h9H,1-8H2,(H2,12,13). The van der Waals surface area contributed by atoms with Crippen LogP contribution in [0.4, 0.5) is 5.13 Å². The highest BCUT2D eigenvalue weighted by molar-refractivity contribution is 7.91. The molecule has 2 fully saturated rings. The molecule has 1 aromatic rings. The number of nitrogen functional groups attached to an aromatic ring is 1. The molecule has 0 spiro atoms. The van der Waals surface area contributed by atoms with Gasteiger partial charge in [0.15, 0.2) is 0 Å². The summed E-state index contributed by atoms with van der Waals surface area (Å²) in [7, 11) is -3.52. The predicted octanol–water partition coefficient (Wildman–Crippen LogP) is 0.369. The minimum absolute atomic E-state index is 0.00400. The first-order valence-electron chi connectivity index (χ1n) is 6.90. The van der Waals surface area contributed by atoms with E-state index in [1.807, 2.05) is 0 Å². The molecule has 0 atom stereocenters. The molecule has 20 heavy (non-hydrogen) atoms. The first kappa shape index (κ1) is 14.2. The van der Waals surface area contributed by atoms with Crippen LogP contribution in [-0.2, 0) is 10.0 Å². The van der Waals surface area contributed by atoms with Crippen LogP contribution in [0.25, 0.3) is 0 Å². The quantitative estimate of drug-likeness (QED) is 0.866. The second kappa shape index (κ2) is 5.55. The number of nitrogens with zero attached hydrogens (tertiary/aromatic N) is 4. The molecule has 2 aliphatic rings. The van der Waals surface area contributed by atoms with E-state index in [0.717, 1.165) is 24.4 Å². The molecule has 1 aliphatic carbocycles. The largest absolute Gasteiger partial charge is 0.374 e. The van der Waals surface area contributed by atoms with Gasteiger partial charge in [-0.3, -0.25) is 4.90 Å². The maximum atomic E-state index is 12.4. The van der Waals surface area contributed by atoms with Gasteiger partial charge in [-0.05, 0) is 12.8 Å². The van der Waals surface area contributed by atoms with Gasteiger partial charge in [-0.25, -0.2) is 8.42 Å². The number of aromatic nitrogens is 2. The number of piperazine rings is 1. The molecular weight excluding hydrogens is 298 g/mol. The van der Waals surface area contributed by atoms with E-state index in [0.29, 0.717) is 19.1 Å². The van der Waals surface area contributed by atoms with E-state index in [2.05, 4.69) is 15.1 Å². The Morgan fingerprint density at radius 1 is 1.10 bits per heavy atom. The van der Waals surface area contributed by atoms with E-state index in [9.17, 15) is 8.42 Å². The van der Waals surface area contributed by atoms with Gasteiger partial charge in [0.05, 0.1) is 0 Å². The molecule has 1 saturated carbocycles. The van der Waals surface area contributed by atoms with Gasteiger partial charge in [0.2, 0.25) is 9.47 Å². The van der Waals surface area contributed by atoms with Gasteiger partial charge < -0.3 is 5.73 Å². The zero-order valence-corrected chi connectivity index (χ0v) is 12.9. The summed E-state index contributed by atoms with van der Waals surface area (Å²) in [5.74, 6) is 0. The summed E-state index contributed by atoms with van der Waals surface area (Å²) >= 11 is 0.927. The molecule has 0 amide bonds. The normalized spacial score (nSPS) is 23.4. The SMILES string of the molecule is Nc1nnc(S(=O)(=O)N2CCN(C3CCCC3)CC2)s1. The maximum absolute atomic E-state index is 12.4. The lowest BCUT2D eigenvalue weighted by atomic mass is 10.2. The lowest BCUT2D eigenvalue weighted by Gasteiger charge is -2.36. The van der Waals surface area contributed by atoms with Crippen molar-refractivity contribution in [2.24, 2.45) is 0 Å². The smallest absolute Gasteiger partial charge is 0.272 e. The van der Waals surface area contributed by atoms with Gasteiger partial charge in [0.1, 0.15) is 0 Å². The number of anilines is 1. The van der Waals surface area contributed by atoms with E-state index in [4.69, 9.17) is 5.73 Å². The third kappa shape index (κ3) is 2.67. The molecule has 0 bridgehead atoms.